The lowest BCUT2D eigenvalue weighted by atomic mass is 10.3. The van der Waals surface area contributed by atoms with Crippen molar-refractivity contribution in [1.29, 1.82) is 0 Å². The van der Waals surface area contributed by atoms with Crippen LogP contribution in [0.25, 0.3) is 21.1 Å². The molecule has 0 aliphatic rings. The molecular formula is C13H15N3OS. The molecule has 0 bridgehead atoms. The van der Waals surface area contributed by atoms with Crippen LogP contribution in [0.5, 0.6) is 0 Å². The molecule has 0 amide bonds. The molecular weight excluding hydrogens is 246 g/mol. The Morgan fingerprint density at radius 2 is 2.22 bits per heavy atom. The Balaban J connectivity index is 2.45. The maximum absolute atomic E-state index is 12.4. The van der Waals surface area contributed by atoms with Crippen molar-refractivity contribution >= 4 is 32.5 Å². The van der Waals surface area contributed by atoms with Crippen LogP contribution in [0.1, 0.15) is 18.2 Å². The molecule has 18 heavy (non-hydrogen) atoms. The van der Waals surface area contributed by atoms with Gasteiger partial charge in [-0.05, 0) is 19.4 Å². The largest absolute Gasteiger partial charge is 0.338 e. The van der Waals surface area contributed by atoms with Gasteiger partial charge in [-0.25, -0.2) is 4.68 Å². The molecule has 0 fully saturated rings. The predicted molar refractivity (Wildman–Crippen MR) is 75.4 cm³/mol. The van der Waals surface area contributed by atoms with E-state index in [1.165, 1.54) is 9.58 Å². The first-order chi connectivity index (χ1) is 8.63. The second-order valence-electron chi connectivity index (χ2n) is 4.57. The fraction of sp³-hybridized carbons (Fsp3) is 0.385. The minimum Gasteiger partial charge on any atom is -0.338 e. The molecule has 5 heteroatoms. The molecule has 3 heterocycles. The molecule has 3 aromatic heterocycles. The smallest absolute Gasteiger partial charge is 0.291 e. The number of hydrogen-bond acceptors (Lipinski definition) is 3. The van der Waals surface area contributed by atoms with Crippen LogP contribution in [-0.4, -0.2) is 14.3 Å². The minimum atomic E-state index is 0.0119. The highest BCUT2D eigenvalue weighted by Gasteiger charge is 2.15. The van der Waals surface area contributed by atoms with Crippen molar-refractivity contribution in [1.82, 2.24) is 14.3 Å². The Morgan fingerprint density at radius 1 is 1.44 bits per heavy atom. The molecule has 94 valence electrons. The monoisotopic (exact) mass is 261 g/mol. The molecule has 0 aromatic carbocycles. The number of hydrogen-bond donors (Lipinski definition) is 0. The SMILES string of the molecule is CCCn1ncc2c3sc(C)cc3n(C)c2c1=O. The lowest BCUT2D eigenvalue weighted by Gasteiger charge is -2.03. The quantitative estimate of drug-likeness (QED) is 0.711. The first-order valence-corrected chi connectivity index (χ1v) is 6.89. The maximum Gasteiger partial charge on any atom is 0.291 e. The summed E-state index contributed by atoms with van der Waals surface area (Å²) in [5, 5.41) is 5.24. The summed E-state index contributed by atoms with van der Waals surface area (Å²) in [6.07, 6.45) is 2.74. The maximum atomic E-state index is 12.4. The summed E-state index contributed by atoms with van der Waals surface area (Å²) in [6, 6.07) is 2.13. The lowest BCUT2D eigenvalue weighted by molar-refractivity contribution is 0.572. The van der Waals surface area contributed by atoms with E-state index in [1.807, 2.05) is 24.7 Å². The molecule has 0 saturated carbocycles. The highest BCUT2D eigenvalue weighted by atomic mass is 32.1. The van der Waals surface area contributed by atoms with Crippen molar-refractivity contribution in [2.24, 2.45) is 7.05 Å². The topological polar surface area (TPSA) is 39.8 Å². The van der Waals surface area contributed by atoms with Gasteiger partial charge in [-0.3, -0.25) is 4.79 Å². The van der Waals surface area contributed by atoms with Gasteiger partial charge in [-0.2, -0.15) is 5.10 Å². The van der Waals surface area contributed by atoms with Gasteiger partial charge in [0, 0.05) is 23.9 Å². The standard InChI is InChI=1S/C13H15N3OS/c1-4-5-16-13(17)11-9(7-14-16)12-10(15(11)3)6-8(2)18-12/h6-7H,4-5H2,1-3H3. The van der Waals surface area contributed by atoms with Crippen LogP contribution < -0.4 is 5.56 Å². The van der Waals surface area contributed by atoms with E-state index in [2.05, 4.69) is 18.1 Å². The van der Waals surface area contributed by atoms with Crippen LogP contribution in [-0.2, 0) is 13.6 Å². The van der Waals surface area contributed by atoms with E-state index < -0.39 is 0 Å². The molecule has 0 radical (unpaired) electrons. The Labute approximate surface area is 108 Å². The Hall–Kier alpha value is -1.62. The summed E-state index contributed by atoms with van der Waals surface area (Å²) in [4.78, 5) is 13.6. The third kappa shape index (κ3) is 1.43. The zero-order valence-electron chi connectivity index (χ0n) is 10.7. The molecule has 4 nitrogen and oxygen atoms in total. The van der Waals surface area contributed by atoms with Crippen molar-refractivity contribution < 1.29 is 0 Å². The fourth-order valence-electron chi connectivity index (χ4n) is 2.40. The van der Waals surface area contributed by atoms with Gasteiger partial charge >= 0.3 is 0 Å². The number of thiophene rings is 1. The first kappa shape index (κ1) is 11.5. The molecule has 0 spiro atoms. The van der Waals surface area contributed by atoms with Gasteiger partial charge in [0.25, 0.3) is 5.56 Å². The molecule has 0 atom stereocenters. The van der Waals surface area contributed by atoms with E-state index in [9.17, 15) is 4.79 Å². The van der Waals surface area contributed by atoms with Crippen LogP contribution in [0.2, 0.25) is 0 Å². The normalized spacial score (nSPS) is 11.7. The van der Waals surface area contributed by atoms with E-state index in [0.29, 0.717) is 6.54 Å². The number of fused-ring (bicyclic) bond motifs is 3. The molecule has 0 unspecified atom stereocenters. The van der Waals surface area contributed by atoms with E-state index in [0.717, 1.165) is 22.8 Å². The summed E-state index contributed by atoms with van der Waals surface area (Å²) >= 11 is 1.72. The molecule has 0 N–H and O–H groups in total. The number of aryl methyl sites for hydroxylation is 3. The Kier molecular flexibility index (Phi) is 2.52. The van der Waals surface area contributed by atoms with Crippen molar-refractivity contribution in [3.63, 3.8) is 0 Å². The predicted octanol–water partition coefficient (Wildman–Crippen LogP) is 2.67. The van der Waals surface area contributed by atoms with Crippen molar-refractivity contribution in [3.8, 4) is 0 Å². The Morgan fingerprint density at radius 3 is 2.94 bits per heavy atom. The van der Waals surface area contributed by atoms with Gasteiger partial charge in [0.15, 0.2) is 0 Å². The minimum absolute atomic E-state index is 0.0119. The number of aromatic nitrogens is 3. The molecule has 0 aliphatic heterocycles. The number of nitrogens with zero attached hydrogens (tertiary/aromatic N) is 3. The van der Waals surface area contributed by atoms with Crippen LogP contribution in [0.15, 0.2) is 17.1 Å². The van der Waals surface area contributed by atoms with Gasteiger partial charge < -0.3 is 4.57 Å². The van der Waals surface area contributed by atoms with Gasteiger partial charge in [-0.1, -0.05) is 6.92 Å². The highest BCUT2D eigenvalue weighted by Crippen LogP contribution is 2.32. The average molecular weight is 261 g/mol. The van der Waals surface area contributed by atoms with Gasteiger partial charge in [0.1, 0.15) is 5.52 Å². The zero-order valence-corrected chi connectivity index (χ0v) is 11.5. The van der Waals surface area contributed by atoms with Crippen LogP contribution in [0, 0.1) is 6.92 Å². The third-order valence-corrected chi connectivity index (χ3v) is 4.30. The van der Waals surface area contributed by atoms with E-state index in [4.69, 9.17) is 0 Å². The summed E-state index contributed by atoms with van der Waals surface area (Å²) in [5.74, 6) is 0. The lowest BCUT2D eigenvalue weighted by Crippen LogP contribution is -2.23. The average Bonchev–Trinajstić information content (AvgIpc) is 2.82. The highest BCUT2D eigenvalue weighted by molar-refractivity contribution is 7.20. The van der Waals surface area contributed by atoms with Crippen LogP contribution >= 0.6 is 11.3 Å². The molecule has 3 aromatic rings. The third-order valence-electron chi connectivity index (χ3n) is 3.23. The van der Waals surface area contributed by atoms with E-state index in [1.54, 1.807) is 16.0 Å². The summed E-state index contributed by atoms with van der Waals surface area (Å²) in [5.41, 5.74) is 1.90. The van der Waals surface area contributed by atoms with Crippen LogP contribution in [0.4, 0.5) is 0 Å². The van der Waals surface area contributed by atoms with Crippen molar-refractivity contribution in [2.75, 3.05) is 0 Å². The van der Waals surface area contributed by atoms with Crippen molar-refractivity contribution in [2.45, 2.75) is 26.8 Å². The van der Waals surface area contributed by atoms with E-state index >= 15 is 0 Å². The zero-order chi connectivity index (χ0) is 12.9. The number of rotatable bonds is 2. The molecule has 0 saturated heterocycles. The van der Waals surface area contributed by atoms with E-state index in [-0.39, 0.29) is 5.56 Å². The second-order valence-corrected chi connectivity index (χ2v) is 5.82. The van der Waals surface area contributed by atoms with Gasteiger partial charge in [0.05, 0.1) is 16.4 Å². The molecule has 0 aliphatic carbocycles. The first-order valence-electron chi connectivity index (χ1n) is 6.08. The summed E-state index contributed by atoms with van der Waals surface area (Å²) < 4.78 is 4.71. The summed E-state index contributed by atoms with van der Waals surface area (Å²) in [7, 11) is 1.95. The fourth-order valence-corrected chi connectivity index (χ4v) is 3.46. The van der Waals surface area contributed by atoms with Gasteiger partial charge in [0.2, 0.25) is 0 Å². The van der Waals surface area contributed by atoms with Gasteiger partial charge in [-0.15, -0.1) is 11.3 Å². The molecule has 3 rings (SSSR count). The van der Waals surface area contributed by atoms with Crippen LogP contribution in [0.3, 0.4) is 0 Å². The Bertz CT molecular complexity index is 794. The summed E-state index contributed by atoms with van der Waals surface area (Å²) in [6.45, 7) is 4.81. The van der Waals surface area contributed by atoms with Crippen molar-refractivity contribution in [3.05, 3.63) is 27.5 Å². The second kappa shape index (κ2) is 3.95.